The number of aryl methyl sites for hydroxylation is 1. The lowest BCUT2D eigenvalue weighted by Crippen LogP contribution is -2.33. The van der Waals surface area contributed by atoms with E-state index in [4.69, 9.17) is 4.74 Å². The summed E-state index contributed by atoms with van der Waals surface area (Å²) in [5.74, 6) is 0. The normalized spacial score (nSPS) is 23.3. The smallest absolute Gasteiger partial charge is 0.266 e. The molecule has 2 N–H and O–H groups in total. The number of hydrogen-bond donors (Lipinski definition) is 2. The average molecular weight is 183 g/mol. The molecule has 5 nitrogen and oxygen atoms in total. The van der Waals surface area contributed by atoms with Gasteiger partial charge in [-0.15, -0.1) is 0 Å². The van der Waals surface area contributed by atoms with E-state index in [0.717, 1.165) is 18.8 Å². The van der Waals surface area contributed by atoms with Gasteiger partial charge < -0.3 is 10.1 Å². The highest BCUT2D eigenvalue weighted by Crippen LogP contribution is 2.14. The molecule has 2 heterocycles. The Morgan fingerprint density at radius 3 is 3.08 bits per heavy atom. The molecule has 0 bridgehead atoms. The summed E-state index contributed by atoms with van der Waals surface area (Å²) in [7, 11) is 1.70. The van der Waals surface area contributed by atoms with Crippen LogP contribution < -0.4 is 10.9 Å². The number of rotatable bonds is 1. The van der Waals surface area contributed by atoms with Gasteiger partial charge in [0.1, 0.15) is 6.10 Å². The van der Waals surface area contributed by atoms with Crippen LogP contribution in [0.3, 0.4) is 0 Å². The molecule has 0 radical (unpaired) electrons. The first-order valence-corrected chi connectivity index (χ1v) is 4.35. The topological polar surface area (TPSA) is 59.1 Å². The fraction of sp³-hybridized carbons (Fsp3) is 0.625. The Hall–Kier alpha value is -1.07. The molecule has 1 aliphatic rings. The molecule has 1 aromatic rings. The van der Waals surface area contributed by atoms with Gasteiger partial charge in [0.15, 0.2) is 0 Å². The molecular formula is C8H13N3O2. The molecule has 13 heavy (non-hydrogen) atoms. The van der Waals surface area contributed by atoms with Crippen LogP contribution in [0.2, 0.25) is 0 Å². The minimum Gasteiger partial charge on any atom is -0.369 e. The van der Waals surface area contributed by atoms with Gasteiger partial charge in [-0.1, -0.05) is 0 Å². The molecule has 1 aliphatic heterocycles. The molecule has 1 fully saturated rings. The van der Waals surface area contributed by atoms with Crippen molar-refractivity contribution in [1.29, 1.82) is 0 Å². The predicted octanol–water partition coefficient (Wildman–Crippen LogP) is -0.626. The first-order valence-electron chi connectivity index (χ1n) is 4.35. The van der Waals surface area contributed by atoms with Gasteiger partial charge in [-0.3, -0.25) is 14.6 Å². The van der Waals surface area contributed by atoms with Crippen molar-refractivity contribution in [3.63, 3.8) is 0 Å². The molecule has 2 rings (SSSR count). The molecule has 0 aliphatic carbocycles. The molecule has 0 spiro atoms. The van der Waals surface area contributed by atoms with Crippen molar-refractivity contribution in [2.45, 2.75) is 6.10 Å². The monoisotopic (exact) mass is 183 g/mol. The Morgan fingerprint density at radius 1 is 1.69 bits per heavy atom. The summed E-state index contributed by atoms with van der Waals surface area (Å²) in [5, 5.41) is 6.16. The number of H-pyrrole nitrogens is 1. The summed E-state index contributed by atoms with van der Waals surface area (Å²) in [4.78, 5) is 11.1. The van der Waals surface area contributed by atoms with Crippen LogP contribution in [0.4, 0.5) is 0 Å². The zero-order valence-electron chi connectivity index (χ0n) is 7.54. The van der Waals surface area contributed by atoms with Crippen LogP contribution >= 0.6 is 0 Å². The zero-order valence-corrected chi connectivity index (χ0v) is 7.54. The van der Waals surface area contributed by atoms with Crippen LogP contribution in [0.15, 0.2) is 10.9 Å². The maximum absolute atomic E-state index is 11.1. The van der Waals surface area contributed by atoms with Crippen LogP contribution in [-0.4, -0.2) is 29.5 Å². The third kappa shape index (κ3) is 1.66. The highest BCUT2D eigenvalue weighted by molar-refractivity contribution is 5.04. The number of hydrogen-bond acceptors (Lipinski definition) is 3. The van der Waals surface area contributed by atoms with E-state index in [1.54, 1.807) is 13.1 Å². The summed E-state index contributed by atoms with van der Waals surface area (Å²) in [6.45, 7) is 2.34. The van der Waals surface area contributed by atoms with E-state index in [1.807, 2.05) is 0 Å². The van der Waals surface area contributed by atoms with E-state index in [2.05, 4.69) is 10.4 Å². The maximum Gasteiger partial charge on any atom is 0.266 e. The van der Waals surface area contributed by atoms with Crippen molar-refractivity contribution in [1.82, 2.24) is 15.1 Å². The van der Waals surface area contributed by atoms with Gasteiger partial charge in [0, 0.05) is 26.2 Å². The quantitative estimate of drug-likeness (QED) is 0.609. The number of morpholine rings is 1. The zero-order chi connectivity index (χ0) is 9.26. The molecule has 0 saturated carbocycles. The lowest BCUT2D eigenvalue weighted by molar-refractivity contribution is 0.0247. The van der Waals surface area contributed by atoms with Gasteiger partial charge in [0.25, 0.3) is 5.56 Å². The minimum absolute atomic E-state index is 0.0114. The summed E-state index contributed by atoms with van der Waals surface area (Å²) < 4.78 is 6.94. The summed E-state index contributed by atoms with van der Waals surface area (Å²) >= 11 is 0. The lowest BCUT2D eigenvalue weighted by atomic mass is 10.2. The van der Waals surface area contributed by atoms with Crippen LogP contribution in [0.5, 0.6) is 0 Å². The maximum atomic E-state index is 11.1. The number of ether oxygens (including phenoxy) is 1. The van der Waals surface area contributed by atoms with Gasteiger partial charge in [-0.2, -0.15) is 0 Å². The van der Waals surface area contributed by atoms with Gasteiger partial charge in [0.2, 0.25) is 0 Å². The largest absolute Gasteiger partial charge is 0.369 e. The Labute approximate surface area is 75.7 Å². The lowest BCUT2D eigenvalue weighted by Gasteiger charge is -2.22. The van der Waals surface area contributed by atoms with Crippen molar-refractivity contribution >= 4 is 0 Å². The van der Waals surface area contributed by atoms with Crippen molar-refractivity contribution in [3.8, 4) is 0 Å². The molecular weight excluding hydrogens is 170 g/mol. The van der Waals surface area contributed by atoms with Gasteiger partial charge in [0.05, 0.1) is 12.3 Å². The fourth-order valence-electron chi connectivity index (χ4n) is 1.44. The van der Waals surface area contributed by atoms with E-state index in [-0.39, 0.29) is 11.7 Å². The second-order valence-electron chi connectivity index (χ2n) is 3.17. The molecule has 1 aromatic heterocycles. The molecule has 1 atom stereocenters. The standard InChI is InChI=1S/C8H13N3O2/c1-11-8(12)4-6(10-11)7-5-9-2-3-13-7/h4,7,9-10H,2-3,5H2,1H3. The molecule has 1 saturated heterocycles. The number of aromatic amines is 1. The first kappa shape index (κ1) is 8.52. The molecule has 72 valence electrons. The predicted molar refractivity (Wildman–Crippen MR) is 47.6 cm³/mol. The second kappa shape index (κ2) is 3.35. The minimum atomic E-state index is -0.0239. The number of nitrogens with zero attached hydrogens (tertiary/aromatic N) is 1. The molecule has 1 unspecified atom stereocenters. The van der Waals surface area contributed by atoms with E-state index < -0.39 is 0 Å². The van der Waals surface area contributed by atoms with Crippen LogP contribution in [0, 0.1) is 0 Å². The second-order valence-corrected chi connectivity index (χ2v) is 3.17. The molecule has 0 aromatic carbocycles. The average Bonchev–Trinajstić information content (AvgIpc) is 2.49. The van der Waals surface area contributed by atoms with Crippen LogP contribution in [0.1, 0.15) is 11.8 Å². The highest BCUT2D eigenvalue weighted by Gasteiger charge is 2.17. The Morgan fingerprint density at radius 2 is 2.54 bits per heavy atom. The SMILES string of the molecule is Cn1[nH]c(C2CNCCO2)cc1=O. The van der Waals surface area contributed by atoms with E-state index >= 15 is 0 Å². The van der Waals surface area contributed by atoms with Gasteiger partial charge >= 0.3 is 0 Å². The van der Waals surface area contributed by atoms with Gasteiger partial charge in [-0.05, 0) is 0 Å². The third-order valence-corrected chi connectivity index (χ3v) is 2.18. The van der Waals surface area contributed by atoms with Gasteiger partial charge in [-0.25, -0.2) is 0 Å². The van der Waals surface area contributed by atoms with E-state index in [1.165, 1.54) is 4.68 Å². The van der Waals surface area contributed by atoms with Crippen molar-refractivity contribution in [2.24, 2.45) is 7.05 Å². The first-order chi connectivity index (χ1) is 6.27. The number of aromatic nitrogens is 2. The molecule has 5 heteroatoms. The summed E-state index contributed by atoms with van der Waals surface area (Å²) in [5.41, 5.74) is 0.823. The van der Waals surface area contributed by atoms with Crippen LogP contribution in [0.25, 0.3) is 0 Å². The van der Waals surface area contributed by atoms with Crippen molar-refractivity contribution in [2.75, 3.05) is 19.7 Å². The Balaban J connectivity index is 2.19. The van der Waals surface area contributed by atoms with E-state index in [0.29, 0.717) is 6.61 Å². The highest BCUT2D eigenvalue weighted by atomic mass is 16.5. The third-order valence-electron chi connectivity index (χ3n) is 2.18. The summed E-state index contributed by atoms with van der Waals surface area (Å²) in [6.07, 6.45) is -0.0114. The fourth-order valence-corrected chi connectivity index (χ4v) is 1.44. The Kier molecular flexibility index (Phi) is 2.20. The van der Waals surface area contributed by atoms with Crippen molar-refractivity contribution < 1.29 is 4.74 Å². The molecule has 0 amide bonds. The summed E-state index contributed by atoms with van der Waals surface area (Å²) in [6, 6.07) is 1.58. The Bertz CT molecular complexity index is 335. The van der Waals surface area contributed by atoms with Crippen molar-refractivity contribution in [3.05, 3.63) is 22.1 Å². The number of nitrogens with one attached hydrogen (secondary N) is 2. The van der Waals surface area contributed by atoms with Crippen LogP contribution in [-0.2, 0) is 11.8 Å². The van der Waals surface area contributed by atoms with E-state index in [9.17, 15) is 4.79 Å².